The first-order chi connectivity index (χ1) is 8.72. The van der Waals surface area contributed by atoms with Gasteiger partial charge in [0.15, 0.2) is 5.75 Å². The van der Waals surface area contributed by atoms with Gasteiger partial charge in [-0.25, -0.2) is 4.39 Å². The van der Waals surface area contributed by atoms with Gasteiger partial charge in [-0.2, -0.15) is 10.4 Å². The molecule has 0 fully saturated rings. The van der Waals surface area contributed by atoms with Gasteiger partial charge < -0.3 is 4.74 Å². The number of hydrogen-bond donors (Lipinski definition) is 0. The standard InChI is InChI=1S/C13H12FN3O/c1-2-17-8-13(7-16-17)18-9-11-5-12(14)4-3-10(11)6-15/h3-5,7-8H,2,9H2,1H3. The fourth-order valence-electron chi connectivity index (χ4n) is 1.54. The van der Waals surface area contributed by atoms with E-state index in [-0.39, 0.29) is 12.4 Å². The monoisotopic (exact) mass is 245 g/mol. The van der Waals surface area contributed by atoms with Crippen LogP contribution in [0.3, 0.4) is 0 Å². The lowest BCUT2D eigenvalue weighted by Crippen LogP contribution is -1.99. The highest BCUT2D eigenvalue weighted by atomic mass is 19.1. The number of nitrogens with zero attached hydrogens (tertiary/aromatic N) is 3. The summed E-state index contributed by atoms with van der Waals surface area (Å²) in [7, 11) is 0. The predicted molar refractivity (Wildman–Crippen MR) is 63.3 cm³/mol. The summed E-state index contributed by atoms with van der Waals surface area (Å²) in [5, 5.41) is 13.0. The fraction of sp³-hybridized carbons (Fsp3) is 0.231. The van der Waals surface area contributed by atoms with Crippen molar-refractivity contribution in [3.63, 3.8) is 0 Å². The largest absolute Gasteiger partial charge is 0.486 e. The van der Waals surface area contributed by atoms with Crippen molar-refractivity contribution in [1.82, 2.24) is 9.78 Å². The molecule has 5 heteroatoms. The van der Waals surface area contributed by atoms with Crippen molar-refractivity contribution in [2.24, 2.45) is 0 Å². The SMILES string of the molecule is CCn1cc(OCc2cc(F)ccc2C#N)cn1. The smallest absolute Gasteiger partial charge is 0.157 e. The van der Waals surface area contributed by atoms with Crippen LogP contribution in [0.1, 0.15) is 18.1 Å². The molecule has 0 atom stereocenters. The zero-order valence-corrected chi connectivity index (χ0v) is 9.93. The van der Waals surface area contributed by atoms with Crippen LogP contribution >= 0.6 is 0 Å². The average Bonchev–Trinajstić information content (AvgIpc) is 2.84. The van der Waals surface area contributed by atoms with E-state index >= 15 is 0 Å². The van der Waals surface area contributed by atoms with Crippen molar-refractivity contribution in [2.75, 3.05) is 0 Å². The maximum atomic E-state index is 13.1. The van der Waals surface area contributed by atoms with Crippen LogP contribution in [-0.4, -0.2) is 9.78 Å². The number of nitriles is 1. The second-order valence-electron chi connectivity index (χ2n) is 3.73. The summed E-state index contributed by atoms with van der Waals surface area (Å²) < 4.78 is 20.3. The van der Waals surface area contributed by atoms with E-state index in [9.17, 15) is 4.39 Å². The minimum absolute atomic E-state index is 0.149. The van der Waals surface area contributed by atoms with E-state index in [1.165, 1.54) is 18.2 Å². The summed E-state index contributed by atoms with van der Waals surface area (Å²) in [6.07, 6.45) is 3.35. The van der Waals surface area contributed by atoms with Crippen LogP contribution in [0.5, 0.6) is 5.75 Å². The first-order valence-electron chi connectivity index (χ1n) is 5.56. The molecule has 1 aromatic heterocycles. The second-order valence-corrected chi connectivity index (χ2v) is 3.73. The molecule has 2 aromatic rings. The Bertz CT molecular complexity index is 586. The molecule has 1 aromatic carbocycles. The van der Waals surface area contributed by atoms with Crippen LogP contribution in [0.2, 0.25) is 0 Å². The van der Waals surface area contributed by atoms with Gasteiger partial charge in [-0.3, -0.25) is 4.68 Å². The van der Waals surface area contributed by atoms with Gasteiger partial charge in [-0.15, -0.1) is 0 Å². The Labute approximate surface area is 104 Å². The summed E-state index contributed by atoms with van der Waals surface area (Å²) >= 11 is 0. The molecule has 2 rings (SSSR count). The van der Waals surface area contributed by atoms with Crippen LogP contribution in [0.25, 0.3) is 0 Å². The average molecular weight is 245 g/mol. The molecule has 0 saturated carbocycles. The molecular formula is C13H12FN3O. The van der Waals surface area contributed by atoms with Gasteiger partial charge in [-0.1, -0.05) is 0 Å². The molecule has 0 amide bonds. The van der Waals surface area contributed by atoms with Crippen molar-refractivity contribution < 1.29 is 9.13 Å². The van der Waals surface area contributed by atoms with Gasteiger partial charge in [0.05, 0.1) is 24.0 Å². The molecule has 18 heavy (non-hydrogen) atoms. The zero-order valence-electron chi connectivity index (χ0n) is 9.93. The van der Waals surface area contributed by atoms with E-state index < -0.39 is 0 Å². The van der Waals surface area contributed by atoms with E-state index in [1.54, 1.807) is 17.1 Å². The Morgan fingerprint density at radius 1 is 1.50 bits per heavy atom. The van der Waals surface area contributed by atoms with E-state index in [2.05, 4.69) is 5.10 Å². The Morgan fingerprint density at radius 3 is 3.00 bits per heavy atom. The van der Waals surface area contributed by atoms with E-state index in [4.69, 9.17) is 10.00 Å². The lowest BCUT2D eigenvalue weighted by molar-refractivity contribution is 0.305. The molecule has 0 bridgehead atoms. The first-order valence-corrected chi connectivity index (χ1v) is 5.56. The molecule has 0 radical (unpaired) electrons. The lowest BCUT2D eigenvalue weighted by atomic mass is 10.1. The number of hydrogen-bond acceptors (Lipinski definition) is 3. The third kappa shape index (κ3) is 2.66. The quantitative estimate of drug-likeness (QED) is 0.831. The van der Waals surface area contributed by atoms with Gasteiger partial charge >= 0.3 is 0 Å². The van der Waals surface area contributed by atoms with E-state index in [1.807, 2.05) is 13.0 Å². The number of rotatable bonds is 4. The Balaban J connectivity index is 2.10. The molecule has 0 aliphatic heterocycles. The molecule has 0 saturated heterocycles. The van der Waals surface area contributed by atoms with Crippen LogP contribution < -0.4 is 4.74 Å². The third-order valence-corrected chi connectivity index (χ3v) is 2.52. The molecule has 1 heterocycles. The molecule has 0 N–H and O–H groups in total. The highest BCUT2D eigenvalue weighted by Gasteiger charge is 2.05. The molecule has 0 spiro atoms. The molecule has 0 aliphatic rings. The maximum absolute atomic E-state index is 13.1. The number of benzene rings is 1. The Morgan fingerprint density at radius 2 is 2.33 bits per heavy atom. The summed E-state index contributed by atoms with van der Waals surface area (Å²) in [5.74, 6) is 0.224. The van der Waals surface area contributed by atoms with Crippen molar-refractivity contribution in [3.05, 3.63) is 47.5 Å². The maximum Gasteiger partial charge on any atom is 0.157 e. The minimum atomic E-state index is -0.378. The van der Waals surface area contributed by atoms with Gasteiger partial charge in [0, 0.05) is 12.1 Å². The number of halogens is 1. The lowest BCUT2D eigenvalue weighted by Gasteiger charge is -2.05. The molecular weight excluding hydrogens is 233 g/mol. The van der Waals surface area contributed by atoms with Crippen LogP contribution in [0.4, 0.5) is 4.39 Å². The number of ether oxygens (including phenoxy) is 1. The van der Waals surface area contributed by atoms with Gasteiger partial charge in [0.1, 0.15) is 12.4 Å². The van der Waals surface area contributed by atoms with Crippen molar-refractivity contribution in [2.45, 2.75) is 20.1 Å². The fourth-order valence-corrected chi connectivity index (χ4v) is 1.54. The molecule has 0 unspecified atom stereocenters. The first kappa shape index (κ1) is 12.1. The number of aromatic nitrogens is 2. The van der Waals surface area contributed by atoms with Crippen molar-refractivity contribution in [1.29, 1.82) is 5.26 Å². The summed E-state index contributed by atoms with van der Waals surface area (Å²) in [4.78, 5) is 0. The van der Waals surface area contributed by atoms with Gasteiger partial charge in [0.25, 0.3) is 0 Å². The van der Waals surface area contributed by atoms with Crippen molar-refractivity contribution in [3.8, 4) is 11.8 Å². The van der Waals surface area contributed by atoms with Gasteiger partial charge in [-0.05, 0) is 25.1 Å². The summed E-state index contributed by atoms with van der Waals surface area (Å²) in [6, 6.07) is 6.03. The highest BCUT2D eigenvalue weighted by Crippen LogP contribution is 2.15. The Hall–Kier alpha value is -2.35. The topological polar surface area (TPSA) is 50.8 Å². The summed E-state index contributed by atoms with van der Waals surface area (Å²) in [6.45, 7) is 2.87. The normalized spacial score (nSPS) is 10.1. The summed E-state index contributed by atoms with van der Waals surface area (Å²) in [5.41, 5.74) is 0.945. The second kappa shape index (κ2) is 5.32. The minimum Gasteiger partial charge on any atom is -0.486 e. The van der Waals surface area contributed by atoms with Gasteiger partial charge in [0.2, 0.25) is 0 Å². The molecule has 0 aliphatic carbocycles. The van der Waals surface area contributed by atoms with Crippen LogP contribution in [-0.2, 0) is 13.2 Å². The molecule has 92 valence electrons. The molecule has 4 nitrogen and oxygen atoms in total. The van der Waals surface area contributed by atoms with Crippen LogP contribution in [0.15, 0.2) is 30.6 Å². The van der Waals surface area contributed by atoms with E-state index in [0.717, 1.165) is 6.54 Å². The van der Waals surface area contributed by atoms with E-state index in [0.29, 0.717) is 16.9 Å². The third-order valence-electron chi connectivity index (χ3n) is 2.52. The Kier molecular flexibility index (Phi) is 3.58. The van der Waals surface area contributed by atoms with Crippen molar-refractivity contribution >= 4 is 0 Å². The number of aryl methyl sites for hydroxylation is 1. The zero-order chi connectivity index (χ0) is 13.0. The van der Waals surface area contributed by atoms with Crippen LogP contribution in [0, 0.1) is 17.1 Å². The predicted octanol–water partition coefficient (Wildman–Crippen LogP) is 2.49. The highest BCUT2D eigenvalue weighted by molar-refractivity contribution is 5.37.